The zero-order chi connectivity index (χ0) is 13.8. The highest BCUT2D eigenvalue weighted by Crippen LogP contribution is 2.22. The van der Waals surface area contributed by atoms with Gasteiger partial charge in [0.2, 0.25) is 10.0 Å². The zero-order valence-electron chi connectivity index (χ0n) is 11.1. The van der Waals surface area contributed by atoms with Crippen molar-refractivity contribution >= 4 is 10.0 Å². The lowest BCUT2D eigenvalue weighted by atomic mass is 10.2. The van der Waals surface area contributed by atoms with Crippen molar-refractivity contribution in [1.82, 2.24) is 10.0 Å². The standard InChI is InChI=1S/C12H20N2O3S/c1-9(2)14-8-10-7-11(18(15,16)13-3)5-6-12(10)17-4/h5-7,9,13-14H,8H2,1-4H3. The number of sulfonamides is 1. The molecule has 1 aromatic rings. The molecule has 1 rings (SSSR count). The van der Waals surface area contributed by atoms with Crippen molar-refractivity contribution in [3.05, 3.63) is 23.8 Å². The van der Waals surface area contributed by atoms with Gasteiger partial charge in [0.1, 0.15) is 5.75 Å². The number of hydrogen-bond donors (Lipinski definition) is 2. The van der Waals surface area contributed by atoms with E-state index in [0.717, 1.165) is 5.56 Å². The Morgan fingerprint density at radius 2 is 2.00 bits per heavy atom. The molecule has 0 radical (unpaired) electrons. The van der Waals surface area contributed by atoms with Crippen LogP contribution in [0.3, 0.4) is 0 Å². The fraction of sp³-hybridized carbons (Fsp3) is 0.500. The first kappa shape index (κ1) is 14.9. The molecular formula is C12H20N2O3S. The van der Waals surface area contributed by atoms with E-state index in [9.17, 15) is 8.42 Å². The number of ether oxygens (including phenoxy) is 1. The molecule has 6 heteroatoms. The van der Waals surface area contributed by atoms with Gasteiger partial charge in [-0.05, 0) is 25.2 Å². The number of methoxy groups -OCH3 is 1. The summed E-state index contributed by atoms with van der Waals surface area (Å²) in [6, 6.07) is 5.14. The molecule has 18 heavy (non-hydrogen) atoms. The van der Waals surface area contributed by atoms with Crippen molar-refractivity contribution in [1.29, 1.82) is 0 Å². The Morgan fingerprint density at radius 3 is 2.50 bits per heavy atom. The smallest absolute Gasteiger partial charge is 0.240 e. The Hall–Kier alpha value is -1.11. The molecule has 0 heterocycles. The largest absolute Gasteiger partial charge is 0.496 e. The molecule has 0 unspecified atom stereocenters. The summed E-state index contributed by atoms with van der Waals surface area (Å²) in [6.45, 7) is 4.62. The molecular weight excluding hydrogens is 252 g/mol. The summed E-state index contributed by atoms with van der Waals surface area (Å²) >= 11 is 0. The van der Waals surface area contributed by atoms with Gasteiger partial charge in [0.25, 0.3) is 0 Å². The molecule has 0 bridgehead atoms. The summed E-state index contributed by atoms with van der Waals surface area (Å²) in [4.78, 5) is 0.242. The summed E-state index contributed by atoms with van der Waals surface area (Å²) in [6.07, 6.45) is 0. The van der Waals surface area contributed by atoms with E-state index in [-0.39, 0.29) is 4.90 Å². The van der Waals surface area contributed by atoms with Crippen LogP contribution in [0.2, 0.25) is 0 Å². The molecule has 0 aliphatic rings. The van der Waals surface area contributed by atoms with Crippen LogP contribution >= 0.6 is 0 Å². The predicted octanol–water partition coefficient (Wildman–Crippen LogP) is 1.10. The minimum absolute atomic E-state index is 0.242. The Labute approximate surface area is 109 Å². The average Bonchev–Trinajstić information content (AvgIpc) is 2.35. The van der Waals surface area contributed by atoms with E-state index in [1.807, 2.05) is 13.8 Å². The van der Waals surface area contributed by atoms with Gasteiger partial charge >= 0.3 is 0 Å². The second-order valence-corrected chi connectivity index (χ2v) is 6.10. The first-order valence-corrected chi connectivity index (χ1v) is 7.23. The highest BCUT2D eigenvalue weighted by Gasteiger charge is 2.14. The van der Waals surface area contributed by atoms with Crippen LogP contribution in [0.25, 0.3) is 0 Å². The molecule has 0 amide bonds. The lowest BCUT2D eigenvalue weighted by Crippen LogP contribution is -2.23. The third-order valence-corrected chi connectivity index (χ3v) is 3.94. The third kappa shape index (κ3) is 3.69. The number of hydrogen-bond acceptors (Lipinski definition) is 4. The van der Waals surface area contributed by atoms with Gasteiger partial charge in [-0.3, -0.25) is 0 Å². The fourth-order valence-electron chi connectivity index (χ4n) is 1.49. The second kappa shape index (κ2) is 6.17. The Bertz CT molecular complexity index is 498. The Kier molecular flexibility index (Phi) is 5.13. The van der Waals surface area contributed by atoms with Gasteiger partial charge in [-0.15, -0.1) is 0 Å². The van der Waals surface area contributed by atoms with E-state index in [1.54, 1.807) is 19.2 Å². The molecule has 0 fully saturated rings. The average molecular weight is 272 g/mol. The summed E-state index contributed by atoms with van der Waals surface area (Å²) in [7, 11) is -0.453. The van der Waals surface area contributed by atoms with Gasteiger partial charge in [-0.25, -0.2) is 13.1 Å². The van der Waals surface area contributed by atoms with Crippen LogP contribution in [-0.2, 0) is 16.6 Å². The normalized spacial score (nSPS) is 11.8. The number of benzene rings is 1. The molecule has 0 atom stereocenters. The minimum atomic E-state index is -3.42. The SMILES string of the molecule is CNS(=O)(=O)c1ccc(OC)c(CNC(C)C)c1. The molecule has 102 valence electrons. The highest BCUT2D eigenvalue weighted by atomic mass is 32.2. The van der Waals surface area contributed by atoms with Crippen molar-refractivity contribution < 1.29 is 13.2 Å². The molecule has 1 aromatic carbocycles. The Morgan fingerprint density at radius 1 is 1.33 bits per heavy atom. The quantitative estimate of drug-likeness (QED) is 0.814. The third-order valence-electron chi connectivity index (χ3n) is 2.53. The van der Waals surface area contributed by atoms with E-state index < -0.39 is 10.0 Å². The van der Waals surface area contributed by atoms with E-state index in [2.05, 4.69) is 10.0 Å². The van der Waals surface area contributed by atoms with Gasteiger partial charge < -0.3 is 10.1 Å². The maximum absolute atomic E-state index is 11.7. The van der Waals surface area contributed by atoms with Crippen LogP contribution in [0.5, 0.6) is 5.75 Å². The van der Waals surface area contributed by atoms with E-state index in [1.165, 1.54) is 13.1 Å². The fourth-order valence-corrected chi connectivity index (χ4v) is 2.27. The molecule has 0 saturated carbocycles. The van der Waals surface area contributed by atoms with Crippen LogP contribution in [-0.4, -0.2) is 28.6 Å². The van der Waals surface area contributed by atoms with Crippen LogP contribution in [0.1, 0.15) is 19.4 Å². The van der Waals surface area contributed by atoms with E-state index in [4.69, 9.17) is 4.74 Å². The maximum Gasteiger partial charge on any atom is 0.240 e. The topological polar surface area (TPSA) is 67.4 Å². The molecule has 0 spiro atoms. The Balaban J connectivity index is 3.09. The highest BCUT2D eigenvalue weighted by molar-refractivity contribution is 7.89. The van der Waals surface area contributed by atoms with Crippen LogP contribution in [0.4, 0.5) is 0 Å². The van der Waals surface area contributed by atoms with E-state index in [0.29, 0.717) is 18.3 Å². The molecule has 0 aliphatic carbocycles. The lowest BCUT2D eigenvalue weighted by Gasteiger charge is -2.13. The predicted molar refractivity (Wildman–Crippen MR) is 71.2 cm³/mol. The van der Waals surface area contributed by atoms with Crippen molar-refractivity contribution in [3.8, 4) is 5.75 Å². The first-order chi connectivity index (χ1) is 8.40. The summed E-state index contributed by atoms with van der Waals surface area (Å²) in [5, 5.41) is 3.24. The molecule has 2 N–H and O–H groups in total. The van der Waals surface area contributed by atoms with Crippen molar-refractivity contribution in [2.24, 2.45) is 0 Å². The number of nitrogens with one attached hydrogen (secondary N) is 2. The van der Waals surface area contributed by atoms with Crippen LogP contribution < -0.4 is 14.8 Å². The number of rotatable bonds is 6. The molecule has 5 nitrogen and oxygen atoms in total. The van der Waals surface area contributed by atoms with Gasteiger partial charge in [-0.2, -0.15) is 0 Å². The summed E-state index contributed by atoms with van der Waals surface area (Å²) in [5.74, 6) is 0.679. The first-order valence-electron chi connectivity index (χ1n) is 5.74. The van der Waals surface area contributed by atoms with Crippen molar-refractivity contribution in [2.75, 3.05) is 14.2 Å². The molecule has 0 aliphatic heterocycles. The van der Waals surface area contributed by atoms with Gasteiger partial charge in [0.15, 0.2) is 0 Å². The monoisotopic (exact) mass is 272 g/mol. The lowest BCUT2D eigenvalue weighted by molar-refractivity contribution is 0.406. The van der Waals surface area contributed by atoms with E-state index >= 15 is 0 Å². The van der Waals surface area contributed by atoms with Crippen LogP contribution in [0.15, 0.2) is 23.1 Å². The zero-order valence-corrected chi connectivity index (χ0v) is 12.0. The molecule has 0 aromatic heterocycles. The van der Waals surface area contributed by atoms with Crippen molar-refractivity contribution in [3.63, 3.8) is 0 Å². The summed E-state index contributed by atoms with van der Waals surface area (Å²) in [5.41, 5.74) is 0.822. The second-order valence-electron chi connectivity index (χ2n) is 4.22. The summed E-state index contributed by atoms with van der Waals surface area (Å²) < 4.78 is 31.0. The van der Waals surface area contributed by atoms with Crippen LogP contribution in [0, 0.1) is 0 Å². The molecule has 0 saturated heterocycles. The van der Waals surface area contributed by atoms with Gasteiger partial charge in [0, 0.05) is 18.2 Å². The van der Waals surface area contributed by atoms with Gasteiger partial charge in [-0.1, -0.05) is 13.8 Å². The maximum atomic E-state index is 11.7. The minimum Gasteiger partial charge on any atom is -0.496 e. The van der Waals surface area contributed by atoms with Gasteiger partial charge in [0.05, 0.1) is 12.0 Å². The van der Waals surface area contributed by atoms with Crippen molar-refractivity contribution in [2.45, 2.75) is 31.3 Å².